The summed E-state index contributed by atoms with van der Waals surface area (Å²) < 4.78 is 11.0. The number of piperidine rings is 1. The third-order valence-electron chi connectivity index (χ3n) is 3.21. The van der Waals surface area contributed by atoms with Crippen molar-refractivity contribution in [1.29, 1.82) is 0 Å². The van der Waals surface area contributed by atoms with Gasteiger partial charge in [0.1, 0.15) is 0 Å². The molecule has 0 radical (unpaired) electrons. The Morgan fingerprint density at radius 2 is 1.80 bits per heavy atom. The lowest BCUT2D eigenvalue weighted by atomic mass is 10.1. The van der Waals surface area contributed by atoms with Gasteiger partial charge in [0.25, 0.3) is 0 Å². The molecule has 0 aromatic carbocycles. The molecule has 0 aliphatic carbocycles. The molecule has 2 fully saturated rings. The van der Waals surface area contributed by atoms with Gasteiger partial charge in [0.05, 0.1) is 13.2 Å². The lowest BCUT2D eigenvalue weighted by Crippen LogP contribution is -2.41. The predicted molar refractivity (Wildman–Crippen MR) is 58.6 cm³/mol. The Balaban J connectivity index is 1.60. The van der Waals surface area contributed by atoms with E-state index in [0.717, 1.165) is 58.5 Å². The predicted octanol–water partition coefficient (Wildman–Crippen LogP) is 0.563. The third kappa shape index (κ3) is 3.72. The number of ether oxygens (including phenoxy) is 2. The molecular formula is C11H22N2O2. The smallest absolute Gasteiger partial charge is 0.158 e. The van der Waals surface area contributed by atoms with Gasteiger partial charge in [0, 0.05) is 19.0 Å². The number of likely N-dealkylation sites (tertiary alicyclic amines) is 1. The Morgan fingerprint density at radius 3 is 2.47 bits per heavy atom. The van der Waals surface area contributed by atoms with Gasteiger partial charge < -0.3 is 20.1 Å². The first-order valence-electron chi connectivity index (χ1n) is 6.06. The van der Waals surface area contributed by atoms with Crippen molar-refractivity contribution in [1.82, 2.24) is 4.90 Å². The van der Waals surface area contributed by atoms with Crippen molar-refractivity contribution in [3.05, 3.63) is 0 Å². The van der Waals surface area contributed by atoms with E-state index in [2.05, 4.69) is 4.90 Å². The highest BCUT2D eigenvalue weighted by Crippen LogP contribution is 2.12. The molecule has 2 N–H and O–H groups in total. The van der Waals surface area contributed by atoms with Crippen LogP contribution in [0, 0.1) is 0 Å². The summed E-state index contributed by atoms with van der Waals surface area (Å²) in [5, 5.41) is 0. The van der Waals surface area contributed by atoms with Gasteiger partial charge >= 0.3 is 0 Å². The zero-order valence-electron chi connectivity index (χ0n) is 9.36. The molecule has 0 aromatic rings. The van der Waals surface area contributed by atoms with Crippen LogP contribution >= 0.6 is 0 Å². The fraction of sp³-hybridized carbons (Fsp3) is 1.00. The summed E-state index contributed by atoms with van der Waals surface area (Å²) in [4.78, 5) is 2.46. The SMILES string of the molecule is NC1CCN(CCC2OCCCO2)CC1. The molecule has 2 aliphatic rings. The fourth-order valence-corrected chi connectivity index (χ4v) is 2.17. The average Bonchev–Trinajstić information content (AvgIpc) is 2.30. The summed E-state index contributed by atoms with van der Waals surface area (Å²) in [5.74, 6) is 0. The van der Waals surface area contributed by atoms with Crippen LogP contribution in [0.5, 0.6) is 0 Å². The number of hydrogen-bond donors (Lipinski definition) is 1. The monoisotopic (exact) mass is 214 g/mol. The average molecular weight is 214 g/mol. The number of rotatable bonds is 3. The molecule has 0 aromatic heterocycles. The number of nitrogens with two attached hydrogens (primary N) is 1. The number of nitrogens with zero attached hydrogens (tertiary/aromatic N) is 1. The maximum absolute atomic E-state index is 5.86. The van der Waals surface area contributed by atoms with E-state index in [1.165, 1.54) is 0 Å². The zero-order valence-corrected chi connectivity index (χ0v) is 9.36. The van der Waals surface area contributed by atoms with Crippen LogP contribution in [0.3, 0.4) is 0 Å². The molecule has 88 valence electrons. The molecule has 0 atom stereocenters. The fourth-order valence-electron chi connectivity index (χ4n) is 2.17. The van der Waals surface area contributed by atoms with Crippen molar-refractivity contribution in [2.24, 2.45) is 5.73 Å². The standard InChI is InChI=1S/C11H22N2O2/c12-10-2-5-13(6-3-10)7-4-11-14-8-1-9-15-11/h10-11H,1-9,12H2. The molecule has 0 saturated carbocycles. The summed E-state index contributed by atoms with van der Waals surface area (Å²) in [5.41, 5.74) is 5.86. The molecule has 4 nitrogen and oxygen atoms in total. The summed E-state index contributed by atoms with van der Waals surface area (Å²) >= 11 is 0. The van der Waals surface area contributed by atoms with Gasteiger partial charge in [-0.3, -0.25) is 0 Å². The van der Waals surface area contributed by atoms with Crippen molar-refractivity contribution in [3.63, 3.8) is 0 Å². The summed E-state index contributed by atoms with van der Waals surface area (Å²) in [6, 6.07) is 0.420. The van der Waals surface area contributed by atoms with E-state index in [1.54, 1.807) is 0 Å². The van der Waals surface area contributed by atoms with E-state index in [0.29, 0.717) is 6.04 Å². The first-order valence-corrected chi connectivity index (χ1v) is 6.06. The normalized spacial score (nSPS) is 27.0. The third-order valence-corrected chi connectivity index (χ3v) is 3.21. The van der Waals surface area contributed by atoms with Crippen molar-refractivity contribution in [3.8, 4) is 0 Å². The molecule has 15 heavy (non-hydrogen) atoms. The Labute approximate surface area is 91.7 Å². The van der Waals surface area contributed by atoms with E-state index in [4.69, 9.17) is 15.2 Å². The molecule has 2 heterocycles. The van der Waals surface area contributed by atoms with E-state index >= 15 is 0 Å². The van der Waals surface area contributed by atoms with Gasteiger partial charge in [-0.1, -0.05) is 0 Å². The van der Waals surface area contributed by atoms with Crippen LogP contribution in [0.1, 0.15) is 25.7 Å². The highest BCUT2D eigenvalue weighted by Gasteiger charge is 2.19. The molecule has 2 rings (SSSR count). The van der Waals surface area contributed by atoms with Gasteiger partial charge in [-0.15, -0.1) is 0 Å². The Kier molecular flexibility index (Phi) is 4.38. The van der Waals surface area contributed by atoms with Crippen LogP contribution in [0.2, 0.25) is 0 Å². The van der Waals surface area contributed by atoms with Crippen LogP contribution in [-0.2, 0) is 9.47 Å². The molecule has 2 aliphatic heterocycles. The van der Waals surface area contributed by atoms with E-state index in [1.807, 2.05) is 0 Å². The second kappa shape index (κ2) is 5.80. The maximum Gasteiger partial charge on any atom is 0.158 e. The molecule has 0 bridgehead atoms. The molecule has 4 heteroatoms. The van der Waals surface area contributed by atoms with Crippen molar-refractivity contribution >= 4 is 0 Å². The van der Waals surface area contributed by atoms with E-state index < -0.39 is 0 Å². The van der Waals surface area contributed by atoms with Crippen LogP contribution in [0.25, 0.3) is 0 Å². The van der Waals surface area contributed by atoms with Crippen LogP contribution in [0.15, 0.2) is 0 Å². The Morgan fingerprint density at radius 1 is 1.13 bits per heavy atom. The molecule has 0 unspecified atom stereocenters. The first-order chi connectivity index (χ1) is 7.34. The van der Waals surface area contributed by atoms with Gasteiger partial charge in [-0.25, -0.2) is 0 Å². The summed E-state index contributed by atoms with van der Waals surface area (Å²) in [6.07, 6.45) is 4.33. The van der Waals surface area contributed by atoms with Crippen molar-refractivity contribution < 1.29 is 9.47 Å². The molecule has 2 saturated heterocycles. The van der Waals surface area contributed by atoms with Gasteiger partial charge in [0.15, 0.2) is 6.29 Å². The van der Waals surface area contributed by atoms with Crippen molar-refractivity contribution in [2.75, 3.05) is 32.8 Å². The number of hydrogen-bond acceptors (Lipinski definition) is 4. The highest BCUT2D eigenvalue weighted by molar-refractivity contribution is 4.74. The van der Waals surface area contributed by atoms with Gasteiger partial charge in [-0.2, -0.15) is 0 Å². The quantitative estimate of drug-likeness (QED) is 0.746. The van der Waals surface area contributed by atoms with E-state index in [9.17, 15) is 0 Å². The maximum atomic E-state index is 5.86. The molecule has 0 spiro atoms. The summed E-state index contributed by atoms with van der Waals surface area (Å²) in [7, 11) is 0. The second-order valence-corrected chi connectivity index (χ2v) is 4.49. The Hall–Kier alpha value is -0.160. The Bertz CT molecular complexity index is 175. The molecule has 0 amide bonds. The summed E-state index contributed by atoms with van der Waals surface area (Å²) in [6.45, 7) is 5.06. The minimum absolute atomic E-state index is 0.0364. The molecular weight excluding hydrogens is 192 g/mol. The minimum atomic E-state index is 0.0364. The van der Waals surface area contributed by atoms with Crippen LogP contribution < -0.4 is 5.73 Å². The van der Waals surface area contributed by atoms with Crippen LogP contribution in [0.4, 0.5) is 0 Å². The topological polar surface area (TPSA) is 47.7 Å². The van der Waals surface area contributed by atoms with Gasteiger partial charge in [0.2, 0.25) is 0 Å². The highest BCUT2D eigenvalue weighted by atomic mass is 16.7. The largest absolute Gasteiger partial charge is 0.353 e. The second-order valence-electron chi connectivity index (χ2n) is 4.49. The zero-order chi connectivity index (χ0) is 10.5. The lowest BCUT2D eigenvalue weighted by Gasteiger charge is -2.31. The first kappa shape index (κ1) is 11.3. The minimum Gasteiger partial charge on any atom is -0.353 e. The lowest BCUT2D eigenvalue weighted by molar-refractivity contribution is -0.182. The van der Waals surface area contributed by atoms with Crippen molar-refractivity contribution in [2.45, 2.75) is 38.0 Å². The van der Waals surface area contributed by atoms with Gasteiger partial charge in [-0.05, 0) is 32.4 Å². The van der Waals surface area contributed by atoms with E-state index in [-0.39, 0.29) is 6.29 Å². The van der Waals surface area contributed by atoms with Crippen LogP contribution in [-0.4, -0.2) is 50.1 Å².